The quantitative estimate of drug-likeness (QED) is 0.599. The number of ether oxygens (including phenoxy) is 1. The summed E-state index contributed by atoms with van der Waals surface area (Å²) in [5.41, 5.74) is 2.13. The van der Waals surface area contributed by atoms with E-state index in [4.69, 9.17) is 16.3 Å². The molecule has 0 saturated heterocycles. The average molecular weight is 373 g/mol. The third kappa shape index (κ3) is 2.63. The van der Waals surface area contributed by atoms with Crippen LogP contribution in [0.3, 0.4) is 0 Å². The van der Waals surface area contributed by atoms with Crippen LogP contribution in [0.25, 0.3) is 22.1 Å². The number of fused-ring (bicyclic) bond motifs is 3. The predicted molar refractivity (Wildman–Crippen MR) is 99.9 cm³/mol. The fourth-order valence-electron chi connectivity index (χ4n) is 2.71. The van der Waals surface area contributed by atoms with Gasteiger partial charge in [0.25, 0.3) is 5.56 Å². The standard InChI is InChI=1S/C18H13ClN2O3S/c1-2-24-14-8-10(7-11(19)16(14)22)9-15-17(23)21-13-6-4-3-5-12(13)20-18(21)25-15/h3-9,22H,2H2,1H3/b15-9-. The zero-order valence-electron chi connectivity index (χ0n) is 13.2. The lowest BCUT2D eigenvalue weighted by Gasteiger charge is -2.08. The molecule has 0 spiro atoms. The molecule has 2 aromatic heterocycles. The number of aromatic hydroxyl groups is 1. The number of phenols is 1. The third-order valence-electron chi connectivity index (χ3n) is 3.79. The number of aromatic nitrogens is 2. The molecular formula is C18H13ClN2O3S. The largest absolute Gasteiger partial charge is 0.503 e. The van der Waals surface area contributed by atoms with Gasteiger partial charge in [-0.25, -0.2) is 9.38 Å². The Hall–Kier alpha value is -2.57. The number of imidazole rings is 1. The van der Waals surface area contributed by atoms with E-state index in [1.807, 2.05) is 31.2 Å². The summed E-state index contributed by atoms with van der Waals surface area (Å²) in [6, 6.07) is 10.8. The van der Waals surface area contributed by atoms with Crippen LogP contribution in [0, 0.1) is 0 Å². The highest BCUT2D eigenvalue weighted by atomic mass is 35.5. The lowest BCUT2D eigenvalue weighted by atomic mass is 10.2. The van der Waals surface area contributed by atoms with Gasteiger partial charge in [-0.2, -0.15) is 0 Å². The lowest BCUT2D eigenvalue weighted by Crippen LogP contribution is -2.22. The highest BCUT2D eigenvalue weighted by molar-refractivity contribution is 7.15. The van der Waals surface area contributed by atoms with Crippen molar-refractivity contribution in [3.05, 3.63) is 61.9 Å². The number of phenolic OH excluding ortho intramolecular Hbond substituents is 1. The molecule has 0 fully saturated rings. The monoisotopic (exact) mass is 372 g/mol. The smallest absolute Gasteiger partial charge is 0.274 e. The molecule has 4 aromatic rings. The fraction of sp³-hybridized carbons (Fsp3) is 0.111. The van der Waals surface area contributed by atoms with Gasteiger partial charge in [0, 0.05) is 0 Å². The summed E-state index contributed by atoms with van der Waals surface area (Å²) in [7, 11) is 0. The van der Waals surface area contributed by atoms with E-state index in [2.05, 4.69) is 4.98 Å². The van der Waals surface area contributed by atoms with Crippen LogP contribution in [-0.2, 0) is 0 Å². The molecule has 0 radical (unpaired) electrons. The first-order valence-corrected chi connectivity index (χ1v) is 8.85. The van der Waals surface area contributed by atoms with Crippen molar-refractivity contribution in [3.63, 3.8) is 0 Å². The molecule has 1 N–H and O–H groups in total. The Bertz CT molecular complexity index is 1210. The van der Waals surface area contributed by atoms with Gasteiger partial charge >= 0.3 is 0 Å². The van der Waals surface area contributed by atoms with Crippen molar-refractivity contribution < 1.29 is 9.84 Å². The zero-order valence-corrected chi connectivity index (χ0v) is 14.8. The average Bonchev–Trinajstić information content (AvgIpc) is 3.09. The summed E-state index contributed by atoms with van der Waals surface area (Å²) in [6.07, 6.45) is 1.73. The van der Waals surface area contributed by atoms with Crippen LogP contribution in [0.1, 0.15) is 12.5 Å². The molecule has 0 aliphatic rings. The zero-order chi connectivity index (χ0) is 17.6. The van der Waals surface area contributed by atoms with Crippen molar-refractivity contribution in [2.45, 2.75) is 6.92 Å². The molecule has 0 amide bonds. The Morgan fingerprint density at radius 1 is 1.36 bits per heavy atom. The number of benzene rings is 2. The van der Waals surface area contributed by atoms with Crippen LogP contribution in [0.5, 0.6) is 11.5 Å². The lowest BCUT2D eigenvalue weighted by molar-refractivity contribution is 0.318. The first-order valence-electron chi connectivity index (χ1n) is 7.65. The molecule has 0 aliphatic heterocycles. The summed E-state index contributed by atoms with van der Waals surface area (Å²) in [5, 5.41) is 10.1. The summed E-state index contributed by atoms with van der Waals surface area (Å²) in [5.74, 6) is 0.190. The van der Waals surface area contributed by atoms with Gasteiger partial charge in [0.05, 0.1) is 27.2 Å². The molecule has 7 heteroatoms. The number of rotatable bonds is 3. The van der Waals surface area contributed by atoms with Crippen molar-refractivity contribution in [3.8, 4) is 11.5 Å². The van der Waals surface area contributed by atoms with Crippen LogP contribution >= 0.6 is 22.9 Å². The SMILES string of the molecule is CCOc1cc(/C=c2\sc3nc4ccccc4n3c2=O)cc(Cl)c1O. The second-order valence-electron chi connectivity index (χ2n) is 5.42. The van der Waals surface area contributed by atoms with Crippen molar-refractivity contribution in [1.82, 2.24) is 9.38 Å². The predicted octanol–water partition coefficient (Wildman–Crippen LogP) is 3.21. The van der Waals surface area contributed by atoms with E-state index >= 15 is 0 Å². The summed E-state index contributed by atoms with van der Waals surface area (Å²) >= 11 is 7.37. The minimum atomic E-state index is -0.129. The number of hydrogen-bond acceptors (Lipinski definition) is 5. The number of thiazole rings is 1. The van der Waals surface area contributed by atoms with E-state index in [-0.39, 0.29) is 16.3 Å². The van der Waals surface area contributed by atoms with Gasteiger partial charge in [0.1, 0.15) is 0 Å². The summed E-state index contributed by atoms with van der Waals surface area (Å²) in [6.45, 7) is 2.22. The van der Waals surface area contributed by atoms with E-state index in [1.165, 1.54) is 11.3 Å². The van der Waals surface area contributed by atoms with Crippen LogP contribution in [0.2, 0.25) is 5.02 Å². The molecule has 0 saturated carbocycles. The maximum Gasteiger partial charge on any atom is 0.274 e. The second kappa shape index (κ2) is 6.06. The third-order valence-corrected chi connectivity index (χ3v) is 5.05. The van der Waals surface area contributed by atoms with Gasteiger partial charge in [-0.05, 0) is 42.8 Å². The Morgan fingerprint density at radius 3 is 2.96 bits per heavy atom. The molecule has 126 valence electrons. The highest BCUT2D eigenvalue weighted by Gasteiger charge is 2.12. The Balaban J connectivity index is 1.93. The Kier molecular flexibility index (Phi) is 3.86. The van der Waals surface area contributed by atoms with E-state index in [0.717, 1.165) is 11.0 Å². The van der Waals surface area contributed by atoms with Gasteiger partial charge in [-0.3, -0.25) is 4.79 Å². The molecule has 0 unspecified atom stereocenters. The van der Waals surface area contributed by atoms with E-state index < -0.39 is 0 Å². The van der Waals surface area contributed by atoms with Gasteiger partial charge in [0.2, 0.25) is 0 Å². The minimum Gasteiger partial charge on any atom is -0.503 e. The van der Waals surface area contributed by atoms with Crippen LogP contribution in [0.4, 0.5) is 0 Å². The maximum absolute atomic E-state index is 12.8. The molecule has 0 bridgehead atoms. The summed E-state index contributed by atoms with van der Waals surface area (Å²) in [4.78, 5) is 17.9. The normalized spacial score (nSPS) is 12.3. The fourth-order valence-corrected chi connectivity index (χ4v) is 3.91. The van der Waals surface area contributed by atoms with Crippen molar-refractivity contribution in [2.75, 3.05) is 6.61 Å². The van der Waals surface area contributed by atoms with Crippen LogP contribution < -0.4 is 14.8 Å². The molecule has 4 rings (SSSR count). The molecule has 0 atom stereocenters. The van der Waals surface area contributed by atoms with Gasteiger partial charge in [-0.15, -0.1) is 0 Å². The number of hydrogen-bond donors (Lipinski definition) is 1. The van der Waals surface area contributed by atoms with E-state index in [9.17, 15) is 9.90 Å². The molecule has 5 nitrogen and oxygen atoms in total. The highest BCUT2D eigenvalue weighted by Crippen LogP contribution is 2.35. The molecule has 2 aromatic carbocycles. The second-order valence-corrected chi connectivity index (χ2v) is 6.83. The number of halogens is 1. The van der Waals surface area contributed by atoms with Crippen molar-refractivity contribution in [1.29, 1.82) is 0 Å². The first-order chi connectivity index (χ1) is 12.1. The summed E-state index contributed by atoms with van der Waals surface area (Å²) < 4.78 is 7.53. The molecular weight excluding hydrogens is 360 g/mol. The van der Waals surface area contributed by atoms with E-state index in [0.29, 0.717) is 27.4 Å². The number of nitrogens with zero attached hydrogens (tertiary/aromatic N) is 2. The van der Waals surface area contributed by atoms with Gasteiger partial charge in [0.15, 0.2) is 16.5 Å². The first kappa shape index (κ1) is 15.9. The Morgan fingerprint density at radius 2 is 2.16 bits per heavy atom. The van der Waals surface area contributed by atoms with Crippen LogP contribution in [-0.4, -0.2) is 21.1 Å². The molecule has 2 heterocycles. The maximum atomic E-state index is 12.8. The van der Waals surface area contributed by atoms with Gasteiger partial charge in [-0.1, -0.05) is 35.1 Å². The minimum absolute atomic E-state index is 0.102. The molecule has 0 aliphatic carbocycles. The number of para-hydroxylation sites is 2. The molecule has 25 heavy (non-hydrogen) atoms. The van der Waals surface area contributed by atoms with Gasteiger partial charge < -0.3 is 9.84 Å². The Labute approximate surface area is 151 Å². The van der Waals surface area contributed by atoms with Crippen LogP contribution in [0.15, 0.2) is 41.2 Å². The topological polar surface area (TPSA) is 63.8 Å². The van der Waals surface area contributed by atoms with Crippen molar-refractivity contribution >= 4 is 45.0 Å². The van der Waals surface area contributed by atoms with E-state index in [1.54, 1.807) is 22.6 Å². The van der Waals surface area contributed by atoms with Crippen molar-refractivity contribution in [2.24, 2.45) is 0 Å².